The van der Waals surface area contributed by atoms with Gasteiger partial charge in [-0.2, -0.15) is 0 Å². The number of amides is 2. The standard InChI is InChI=1S/C14H17ClN2O3/c15-11-5-3-10(4-6-11)13(9-1-2-9)17-14(20)16-8-7-12(18)19/h3-6,9,13H,1-2,7-8H2,(H,18,19)(H2,16,17,20). The molecule has 108 valence electrons. The Kier molecular flexibility index (Phi) is 4.84. The van der Waals surface area contributed by atoms with Gasteiger partial charge in [-0.05, 0) is 36.5 Å². The molecule has 1 aromatic rings. The van der Waals surface area contributed by atoms with E-state index in [1.54, 1.807) is 12.1 Å². The lowest BCUT2D eigenvalue weighted by atomic mass is 10.0. The molecule has 0 aliphatic heterocycles. The molecule has 0 bridgehead atoms. The van der Waals surface area contributed by atoms with Crippen LogP contribution in [0.4, 0.5) is 4.79 Å². The fourth-order valence-electron chi connectivity index (χ4n) is 2.05. The van der Waals surface area contributed by atoms with Crippen molar-refractivity contribution in [3.8, 4) is 0 Å². The zero-order valence-electron chi connectivity index (χ0n) is 10.9. The van der Waals surface area contributed by atoms with Crippen LogP contribution in [0.3, 0.4) is 0 Å². The number of urea groups is 1. The van der Waals surface area contributed by atoms with Crippen molar-refractivity contribution in [3.05, 3.63) is 34.9 Å². The first-order valence-corrected chi connectivity index (χ1v) is 6.95. The summed E-state index contributed by atoms with van der Waals surface area (Å²) in [6.45, 7) is 0.124. The van der Waals surface area contributed by atoms with Gasteiger partial charge in [-0.15, -0.1) is 0 Å². The summed E-state index contributed by atoms with van der Waals surface area (Å²) in [6.07, 6.45) is 2.09. The Labute approximate surface area is 122 Å². The summed E-state index contributed by atoms with van der Waals surface area (Å²) in [5.41, 5.74) is 1.02. The van der Waals surface area contributed by atoms with Gasteiger partial charge in [0.05, 0.1) is 12.5 Å². The van der Waals surface area contributed by atoms with Crippen molar-refractivity contribution in [3.63, 3.8) is 0 Å². The van der Waals surface area contributed by atoms with Crippen molar-refractivity contribution in [2.75, 3.05) is 6.54 Å². The Morgan fingerprint density at radius 2 is 1.95 bits per heavy atom. The molecule has 0 saturated heterocycles. The summed E-state index contributed by atoms with van der Waals surface area (Å²) in [4.78, 5) is 22.2. The highest BCUT2D eigenvalue weighted by molar-refractivity contribution is 6.30. The number of hydrogen-bond donors (Lipinski definition) is 3. The van der Waals surface area contributed by atoms with Gasteiger partial charge in [-0.25, -0.2) is 4.79 Å². The average Bonchev–Trinajstić information content (AvgIpc) is 3.21. The van der Waals surface area contributed by atoms with Crippen LogP contribution in [-0.2, 0) is 4.79 Å². The van der Waals surface area contributed by atoms with E-state index >= 15 is 0 Å². The molecule has 0 radical (unpaired) electrons. The van der Waals surface area contributed by atoms with Crippen LogP contribution in [0.5, 0.6) is 0 Å². The molecule has 1 aliphatic carbocycles. The number of carboxylic acids is 1. The molecule has 6 heteroatoms. The van der Waals surface area contributed by atoms with E-state index in [1.807, 2.05) is 12.1 Å². The van der Waals surface area contributed by atoms with E-state index in [0.717, 1.165) is 18.4 Å². The number of carbonyl (C=O) groups is 2. The van der Waals surface area contributed by atoms with Gasteiger partial charge in [0.15, 0.2) is 0 Å². The van der Waals surface area contributed by atoms with Crippen LogP contribution in [0.25, 0.3) is 0 Å². The summed E-state index contributed by atoms with van der Waals surface area (Å²) >= 11 is 5.86. The van der Waals surface area contributed by atoms with Gasteiger partial charge < -0.3 is 15.7 Å². The van der Waals surface area contributed by atoms with Crippen LogP contribution in [-0.4, -0.2) is 23.7 Å². The van der Waals surface area contributed by atoms with Crippen molar-refractivity contribution in [1.29, 1.82) is 0 Å². The normalized spacial score (nSPS) is 15.4. The molecule has 2 rings (SSSR count). The first kappa shape index (κ1) is 14.7. The van der Waals surface area contributed by atoms with E-state index in [0.29, 0.717) is 10.9 Å². The fourth-order valence-corrected chi connectivity index (χ4v) is 2.17. The number of aliphatic carboxylic acids is 1. The summed E-state index contributed by atoms with van der Waals surface area (Å²) in [6, 6.07) is 7.04. The third kappa shape index (κ3) is 4.42. The van der Waals surface area contributed by atoms with Crippen LogP contribution >= 0.6 is 11.6 Å². The van der Waals surface area contributed by atoms with Crippen LogP contribution in [0.2, 0.25) is 5.02 Å². The minimum absolute atomic E-state index is 0.0444. The molecule has 1 saturated carbocycles. The van der Waals surface area contributed by atoms with Gasteiger partial charge in [0.25, 0.3) is 0 Å². The maximum absolute atomic E-state index is 11.8. The Hall–Kier alpha value is -1.75. The molecular weight excluding hydrogens is 280 g/mol. The zero-order chi connectivity index (χ0) is 14.5. The van der Waals surface area contributed by atoms with Gasteiger partial charge in [-0.1, -0.05) is 23.7 Å². The lowest BCUT2D eigenvalue weighted by Crippen LogP contribution is -2.39. The summed E-state index contributed by atoms with van der Waals surface area (Å²) in [5.74, 6) is -0.483. The van der Waals surface area contributed by atoms with E-state index < -0.39 is 5.97 Å². The number of hydrogen-bond acceptors (Lipinski definition) is 2. The van der Waals surface area contributed by atoms with Crippen molar-refractivity contribution in [2.24, 2.45) is 5.92 Å². The number of carboxylic acid groups (broad SMARTS) is 1. The second kappa shape index (κ2) is 6.61. The predicted molar refractivity (Wildman–Crippen MR) is 75.7 cm³/mol. The molecule has 0 spiro atoms. The van der Waals surface area contributed by atoms with Crippen molar-refractivity contribution in [2.45, 2.75) is 25.3 Å². The Bertz CT molecular complexity index is 486. The van der Waals surface area contributed by atoms with Gasteiger partial charge in [0, 0.05) is 11.6 Å². The van der Waals surface area contributed by atoms with E-state index in [-0.39, 0.29) is 25.0 Å². The molecule has 0 aromatic heterocycles. The average molecular weight is 297 g/mol. The quantitative estimate of drug-likeness (QED) is 0.755. The predicted octanol–water partition coefficient (Wildman–Crippen LogP) is 2.57. The van der Waals surface area contributed by atoms with E-state index in [4.69, 9.17) is 16.7 Å². The molecule has 1 aliphatic rings. The highest BCUT2D eigenvalue weighted by atomic mass is 35.5. The molecule has 3 N–H and O–H groups in total. The second-order valence-electron chi connectivity index (χ2n) is 4.91. The van der Waals surface area contributed by atoms with Crippen LogP contribution in [0, 0.1) is 5.92 Å². The van der Waals surface area contributed by atoms with Crippen LogP contribution in [0.15, 0.2) is 24.3 Å². The molecule has 20 heavy (non-hydrogen) atoms. The van der Waals surface area contributed by atoms with Crippen molar-refractivity contribution < 1.29 is 14.7 Å². The van der Waals surface area contributed by atoms with Crippen LogP contribution < -0.4 is 10.6 Å². The third-order valence-corrected chi connectivity index (χ3v) is 3.49. The first-order chi connectivity index (χ1) is 9.56. The van der Waals surface area contributed by atoms with Gasteiger partial charge in [0.1, 0.15) is 0 Å². The Balaban J connectivity index is 1.91. The topological polar surface area (TPSA) is 78.4 Å². The zero-order valence-corrected chi connectivity index (χ0v) is 11.7. The summed E-state index contributed by atoms with van der Waals surface area (Å²) < 4.78 is 0. The van der Waals surface area contributed by atoms with Gasteiger partial charge in [0.2, 0.25) is 0 Å². The van der Waals surface area contributed by atoms with E-state index in [2.05, 4.69) is 10.6 Å². The molecule has 1 fully saturated rings. The number of rotatable bonds is 6. The molecule has 1 aromatic carbocycles. The Morgan fingerprint density at radius 3 is 2.50 bits per heavy atom. The second-order valence-corrected chi connectivity index (χ2v) is 5.35. The molecule has 5 nitrogen and oxygen atoms in total. The lowest BCUT2D eigenvalue weighted by Gasteiger charge is -2.19. The number of benzene rings is 1. The Morgan fingerprint density at radius 1 is 1.30 bits per heavy atom. The minimum atomic E-state index is -0.929. The monoisotopic (exact) mass is 296 g/mol. The lowest BCUT2D eigenvalue weighted by molar-refractivity contribution is -0.136. The SMILES string of the molecule is O=C(O)CCNC(=O)NC(c1ccc(Cl)cc1)C1CC1. The molecular formula is C14H17ClN2O3. The smallest absolute Gasteiger partial charge is 0.315 e. The number of halogens is 1. The molecule has 1 unspecified atom stereocenters. The van der Waals surface area contributed by atoms with E-state index in [1.165, 1.54) is 0 Å². The van der Waals surface area contributed by atoms with Crippen LogP contribution in [0.1, 0.15) is 30.9 Å². The molecule has 1 atom stereocenters. The highest BCUT2D eigenvalue weighted by Gasteiger charge is 2.33. The largest absolute Gasteiger partial charge is 0.481 e. The molecule has 2 amide bonds. The summed E-state index contributed by atoms with van der Waals surface area (Å²) in [5, 5.41) is 14.6. The third-order valence-electron chi connectivity index (χ3n) is 3.23. The molecule has 0 heterocycles. The maximum atomic E-state index is 11.8. The van der Waals surface area contributed by atoms with E-state index in [9.17, 15) is 9.59 Å². The number of nitrogens with one attached hydrogen (secondary N) is 2. The maximum Gasteiger partial charge on any atom is 0.315 e. The van der Waals surface area contributed by atoms with Gasteiger partial charge >= 0.3 is 12.0 Å². The minimum Gasteiger partial charge on any atom is -0.481 e. The number of carbonyl (C=O) groups excluding carboxylic acids is 1. The first-order valence-electron chi connectivity index (χ1n) is 6.58. The van der Waals surface area contributed by atoms with Gasteiger partial charge in [-0.3, -0.25) is 4.79 Å². The highest BCUT2D eigenvalue weighted by Crippen LogP contribution is 2.41. The fraction of sp³-hybridized carbons (Fsp3) is 0.429. The summed E-state index contributed by atoms with van der Waals surface area (Å²) in [7, 11) is 0. The van der Waals surface area contributed by atoms with Crippen molar-refractivity contribution >= 4 is 23.6 Å². The van der Waals surface area contributed by atoms with Crippen molar-refractivity contribution in [1.82, 2.24) is 10.6 Å².